The van der Waals surface area contributed by atoms with E-state index in [-0.39, 0.29) is 37.9 Å². The third-order valence-corrected chi connectivity index (χ3v) is 8.39. The lowest BCUT2D eigenvalue weighted by Crippen LogP contribution is -2.47. The van der Waals surface area contributed by atoms with Crippen LogP contribution in [-0.2, 0) is 19.1 Å². The molecule has 0 aromatic carbocycles. The summed E-state index contributed by atoms with van der Waals surface area (Å²) in [5, 5.41) is 15.8. The Morgan fingerprint density at radius 1 is 0.814 bits per heavy atom. The Morgan fingerprint density at radius 2 is 1.37 bits per heavy atom. The standard InChI is InChI=1S/C33H55N3O5S2/c1-4-5-6-7-8-9-10-11-12-13-14-15-16-17-18-19-20-21-30(38)41-28-33(2,3)31(39)32(40)36-24-22-29(37)35-25-27-43-42-26-23-34/h5-6,8-9,11-12,14-15,17-18,31,39H,4,7,10,13,16,19-28,34H2,1-3H3,(H,35,37)(H,36,40)/b6-5-,9-8-,12-11-,15-14-,18-17-. The largest absolute Gasteiger partial charge is 0.465 e. The van der Waals surface area contributed by atoms with Gasteiger partial charge >= 0.3 is 5.97 Å². The van der Waals surface area contributed by atoms with Crippen molar-refractivity contribution in [3.8, 4) is 0 Å². The number of amides is 2. The van der Waals surface area contributed by atoms with Crippen LogP contribution in [0.15, 0.2) is 60.8 Å². The predicted octanol–water partition coefficient (Wildman–Crippen LogP) is 5.80. The summed E-state index contributed by atoms with van der Waals surface area (Å²) in [6, 6.07) is 0. The molecule has 0 aliphatic carbocycles. The first-order chi connectivity index (χ1) is 20.7. The number of carbonyl (C=O) groups is 3. The molecule has 0 rings (SSSR count). The first-order valence-electron chi connectivity index (χ1n) is 15.3. The molecular formula is C33H55N3O5S2. The number of carbonyl (C=O) groups excluding carboxylic acids is 3. The molecule has 8 nitrogen and oxygen atoms in total. The maximum absolute atomic E-state index is 12.4. The van der Waals surface area contributed by atoms with Gasteiger partial charge in [0.15, 0.2) is 0 Å². The first-order valence-corrected chi connectivity index (χ1v) is 17.8. The number of nitrogens with two attached hydrogens (primary N) is 1. The minimum Gasteiger partial charge on any atom is -0.465 e. The summed E-state index contributed by atoms with van der Waals surface area (Å²) in [5.41, 5.74) is 4.46. The summed E-state index contributed by atoms with van der Waals surface area (Å²) in [4.78, 5) is 36.4. The zero-order chi connectivity index (χ0) is 32.0. The third kappa shape index (κ3) is 25.9. The van der Waals surface area contributed by atoms with E-state index >= 15 is 0 Å². The average Bonchev–Trinajstić information content (AvgIpc) is 2.99. The minimum absolute atomic E-state index is 0.0809. The number of ether oxygens (including phenoxy) is 1. The number of esters is 1. The molecule has 0 spiro atoms. The molecule has 0 aliphatic heterocycles. The molecule has 10 heteroatoms. The number of hydrogen-bond acceptors (Lipinski definition) is 8. The number of allylic oxidation sites excluding steroid dienone is 10. The monoisotopic (exact) mass is 637 g/mol. The lowest BCUT2D eigenvalue weighted by atomic mass is 9.87. The molecule has 0 radical (unpaired) electrons. The Morgan fingerprint density at radius 3 is 1.95 bits per heavy atom. The van der Waals surface area contributed by atoms with Crippen molar-refractivity contribution in [2.24, 2.45) is 11.1 Å². The van der Waals surface area contributed by atoms with Crippen LogP contribution in [0.1, 0.15) is 78.6 Å². The predicted molar refractivity (Wildman–Crippen MR) is 184 cm³/mol. The van der Waals surface area contributed by atoms with E-state index in [4.69, 9.17) is 10.5 Å². The van der Waals surface area contributed by atoms with Crippen LogP contribution in [-0.4, -0.2) is 66.7 Å². The molecule has 0 bridgehead atoms. The van der Waals surface area contributed by atoms with E-state index in [0.29, 0.717) is 19.5 Å². The van der Waals surface area contributed by atoms with Crippen LogP contribution in [0.3, 0.4) is 0 Å². The van der Waals surface area contributed by atoms with Crippen LogP contribution >= 0.6 is 21.6 Å². The van der Waals surface area contributed by atoms with Gasteiger partial charge in [-0.3, -0.25) is 14.4 Å². The van der Waals surface area contributed by atoms with Gasteiger partial charge in [-0.25, -0.2) is 0 Å². The van der Waals surface area contributed by atoms with Gasteiger partial charge in [-0.2, -0.15) is 0 Å². The van der Waals surface area contributed by atoms with Crippen LogP contribution in [0.4, 0.5) is 0 Å². The van der Waals surface area contributed by atoms with E-state index in [0.717, 1.165) is 50.0 Å². The normalized spacial score (nSPS) is 13.1. The molecule has 2 amide bonds. The molecule has 0 heterocycles. The Bertz CT molecular complexity index is 901. The number of aliphatic hydroxyl groups is 1. The van der Waals surface area contributed by atoms with Crippen LogP contribution in [0.25, 0.3) is 0 Å². The molecule has 0 saturated carbocycles. The van der Waals surface area contributed by atoms with Crippen molar-refractivity contribution < 1.29 is 24.2 Å². The fourth-order valence-corrected chi connectivity index (χ4v) is 5.15. The first kappa shape index (κ1) is 40.7. The summed E-state index contributed by atoms with van der Waals surface area (Å²) in [5.74, 6) is 0.522. The van der Waals surface area contributed by atoms with Gasteiger partial charge < -0.3 is 26.2 Å². The smallest absolute Gasteiger partial charge is 0.305 e. The van der Waals surface area contributed by atoms with Crippen LogP contribution in [0, 0.1) is 5.41 Å². The fraction of sp³-hybridized carbons (Fsp3) is 0.606. The van der Waals surface area contributed by atoms with E-state index in [9.17, 15) is 19.5 Å². The van der Waals surface area contributed by atoms with E-state index in [2.05, 4.69) is 78.3 Å². The zero-order valence-electron chi connectivity index (χ0n) is 26.4. The molecule has 1 atom stereocenters. The van der Waals surface area contributed by atoms with Gasteiger partial charge in [0.05, 0.1) is 6.61 Å². The van der Waals surface area contributed by atoms with Gasteiger partial charge in [0, 0.05) is 49.4 Å². The summed E-state index contributed by atoms with van der Waals surface area (Å²) in [7, 11) is 3.31. The van der Waals surface area contributed by atoms with Gasteiger partial charge in [0.1, 0.15) is 6.10 Å². The molecule has 0 saturated heterocycles. The summed E-state index contributed by atoms with van der Waals surface area (Å²) in [6.45, 7) is 6.66. The molecular weight excluding hydrogens is 583 g/mol. The van der Waals surface area contributed by atoms with Gasteiger partial charge in [-0.15, -0.1) is 0 Å². The van der Waals surface area contributed by atoms with E-state index in [1.54, 1.807) is 35.4 Å². The summed E-state index contributed by atoms with van der Waals surface area (Å²) in [6.07, 6.45) is 26.8. The van der Waals surface area contributed by atoms with E-state index < -0.39 is 17.4 Å². The van der Waals surface area contributed by atoms with Crippen molar-refractivity contribution >= 4 is 39.4 Å². The molecule has 1 unspecified atom stereocenters. The molecule has 0 aromatic rings. The third-order valence-electron chi connectivity index (χ3n) is 5.95. The summed E-state index contributed by atoms with van der Waals surface area (Å²) < 4.78 is 5.33. The number of unbranched alkanes of at least 4 members (excludes halogenated alkanes) is 1. The average molecular weight is 638 g/mol. The lowest BCUT2D eigenvalue weighted by Gasteiger charge is -2.29. The van der Waals surface area contributed by atoms with E-state index in [1.807, 2.05) is 0 Å². The van der Waals surface area contributed by atoms with Gasteiger partial charge in [0.2, 0.25) is 11.8 Å². The second kappa shape index (κ2) is 28.5. The Labute approximate surface area is 267 Å². The zero-order valence-corrected chi connectivity index (χ0v) is 28.1. The van der Waals surface area contributed by atoms with Gasteiger partial charge in [-0.1, -0.05) is 103 Å². The Hall–Kier alpha value is -2.27. The molecule has 0 aromatic heterocycles. The molecule has 244 valence electrons. The van der Waals surface area contributed by atoms with Crippen molar-refractivity contribution in [3.63, 3.8) is 0 Å². The highest BCUT2D eigenvalue weighted by Crippen LogP contribution is 2.22. The van der Waals surface area contributed by atoms with Crippen LogP contribution in [0.2, 0.25) is 0 Å². The SMILES string of the molecule is CC/C=C\C/C=C\C/C=C\C/C=C\C/C=C\CCCC(=O)OCC(C)(C)C(O)C(=O)NCCC(=O)NCCSSCCN. The fourth-order valence-electron chi connectivity index (χ4n) is 3.39. The Balaban J connectivity index is 3.97. The summed E-state index contributed by atoms with van der Waals surface area (Å²) >= 11 is 0. The number of aliphatic hydroxyl groups excluding tert-OH is 1. The Kier molecular flexibility index (Phi) is 27.0. The van der Waals surface area contributed by atoms with Crippen molar-refractivity contribution in [3.05, 3.63) is 60.8 Å². The van der Waals surface area contributed by atoms with E-state index in [1.165, 1.54) is 0 Å². The second-order valence-corrected chi connectivity index (χ2v) is 13.2. The molecule has 0 aliphatic rings. The molecule has 43 heavy (non-hydrogen) atoms. The highest BCUT2D eigenvalue weighted by atomic mass is 33.1. The van der Waals surface area contributed by atoms with Crippen LogP contribution in [0.5, 0.6) is 0 Å². The van der Waals surface area contributed by atoms with Gasteiger partial charge in [0.25, 0.3) is 0 Å². The topological polar surface area (TPSA) is 131 Å². The quantitative estimate of drug-likeness (QED) is 0.0405. The van der Waals surface area contributed by atoms with Crippen molar-refractivity contribution in [2.45, 2.75) is 84.7 Å². The molecule has 0 fully saturated rings. The number of nitrogens with one attached hydrogen (secondary N) is 2. The maximum atomic E-state index is 12.4. The minimum atomic E-state index is -1.37. The van der Waals surface area contributed by atoms with Crippen LogP contribution < -0.4 is 16.4 Å². The maximum Gasteiger partial charge on any atom is 0.305 e. The molecule has 5 N–H and O–H groups in total. The number of rotatable bonds is 26. The second-order valence-electron chi connectivity index (χ2n) is 10.5. The van der Waals surface area contributed by atoms with Crippen molar-refractivity contribution in [1.29, 1.82) is 0 Å². The highest BCUT2D eigenvalue weighted by Gasteiger charge is 2.34. The number of hydrogen-bond donors (Lipinski definition) is 4. The van der Waals surface area contributed by atoms with Gasteiger partial charge in [-0.05, 0) is 44.9 Å². The van der Waals surface area contributed by atoms with Crippen molar-refractivity contribution in [1.82, 2.24) is 10.6 Å². The van der Waals surface area contributed by atoms with Crippen molar-refractivity contribution in [2.75, 3.05) is 37.7 Å². The lowest BCUT2D eigenvalue weighted by molar-refractivity contribution is -0.153. The highest BCUT2D eigenvalue weighted by molar-refractivity contribution is 8.76.